The number of benzene rings is 1. The van der Waals surface area contributed by atoms with Crippen molar-refractivity contribution in [3.05, 3.63) is 29.3 Å². The van der Waals surface area contributed by atoms with E-state index in [4.69, 9.17) is 9.84 Å². The maximum atomic E-state index is 10.7. The molecule has 0 saturated heterocycles. The highest BCUT2D eigenvalue weighted by Gasteiger charge is 2.24. The standard InChI is InChI=1S/C11H12O4/c1-6-4-9(12)8-3-2-7(11(13)14)5-10(8)15-6/h2-3,5-6,9,12H,4H2,1H3,(H,13,14)/t6-,9?/m0/s1. The third-order valence-electron chi connectivity index (χ3n) is 2.50. The minimum absolute atomic E-state index is 0.0865. The Morgan fingerprint density at radius 1 is 1.53 bits per heavy atom. The highest BCUT2D eigenvalue weighted by molar-refractivity contribution is 5.88. The minimum Gasteiger partial charge on any atom is -0.490 e. The Hall–Kier alpha value is -1.55. The molecule has 4 heteroatoms. The Balaban J connectivity index is 2.43. The van der Waals surface area contributed by atoms with Gasteiger partial charge >= 0.3 is 5.97 Å². The third-order valence-corrected chi connectivity index (χ3v) is 2.50. The summed E-state index contributed by atoms with van der Waals surface area (Å²) in [6, 6.07) is 4.54. The van der Waals surface area contributed by atoms with Gasteiger partial charge in [0.25, 0.3) is 0 Å². The lowest BCUT2D eigenvalue weighted by molar-refractivity contribution is 0.0678. The number of carboxylic acids is 1. The maximum Gasteiger partial charge on any atom is 0.335 e. The summed E-state index contributed by atoms with van der Waals surface area (Å²) in [6.45, 7) is 1.85. The van der Waals surface area contributed by atoms with Gasteiger partial charge in [-0.25, -0.2) is 4.79 Å². The van der Waals surface area contributed by atoms with Crippen molar-refractivity contribution in [2.75, 3.05) is 0 Å². The van der Waals surface area contributed by atoms with Crippen LogP contribution in [0.5, 0.6) is 5.75 Å². The number of rotatable bonds is 1. The smallest absolute Gasteiger partial charge is 0.335 e. The van der Waals surface area contributed by atoms with Crippen molar-refractivity contribution in [3.63, 3.8) is 0 Å². The molecule has 1 aromatic rings. The van der Waals surface area contributed by atoms with E-state index in [1.54, 1.807) is 6.07 Å². The molecule has 2 N–H and O–H groups in total. The highest BCUT2D eigenvalue weighted by atomic mass is 16.5. The second-order valence-corrected chi connectivity index (χ2v) is 3.74. The van der Waals surface area contributed by atoms with Crippen LogP contribution < -0.4 is 4.74 Å². The Kier molecular flexibility index (Phi) is 2.36. The van der Waals surface area contributed by atoms with Gasteiger partial charge in [0.15, 0.2) is 0 Å². The fourth-order valence-electron chi connectivity index (χ4n) is 1.75. The highest BCUT2D eigenvalue weighted by Crippen LogP contribution is 2.35. The van der Waals surface area contributed by atoms with Crippen LogP contribution in [0.4, 0.5) is 0 Å². The molecule has 1 aromatic carbocycles. The van der Waals surface area contributed by atoms with E-state index in [2.05, 4.69) is 0 Å². The predicted octanol–water partition coefficient (Wildman–Crippen LogP) is 1.59. The van der Waals surface area contributed by atoms with Gasteiger partial charge in [-0.2, -0.15) is 0 Å². The summed E-state index contributed by atoms with van der Waals surface area (Å²) in [5.74, 6) is -0.518. The van der Waals surface area contributed by atoms with Crippen molar-refractivity contribution in [2.24, 2.45) is 0 Å². The van der Waals surface area contributed by atoms with E-state index in [0.717, 1.165) is 0 Å². The quantitative estimate of drug-likeness (QED) is 0.735. The first kappa shape index (κ1) is 9.98. The number of carboxylic acid groups (broad SMARTS) is 1. The van der Waals surface area contributed by atoms with E-state index >= 15 is 0 Å². The van der Waals surface area contributed by atoms with Crippen LogP contribution in [0.1, 0.15) is 35.4 Å². The lowest BCUT2D eigenvalue weighted by Gasteiger charge is -2.27. The molecule has 1 aliphatic rings. The first-order valence-electron chi connectivity index (χ1n) is 4.80. The first-order valence-corrected chi connectivity index (χ1v) is 4.80. The van der Waals surface area contributed by atoms with Crippen LogP contribution in [0.2, 0.25) is 0 Å². The minimum atomic E-state index is -0.992. The molecular formula is C11H12O4. The van der Waals surface area contributed by atoms with Crippen LogP contribution in [0.15, 0.2) is 18.2 Å². The maximum absolute atomic E-state index is 10.7. The number of ether oxygens (including phenoxy) is 1. The molecule has 0 spiro atoms. The van der Waals surface area contributed by atoms with Crippen molar-refractivity contribution in [2.45, 2.75) is 25.6 Å². The summed E-state index contributed by atoms with van der Waals surface area (Å²) in [5, 5.41) is 18.5. The van der Waals surface area contributed by atoms with Crippen LogP contribution in [-0.2, 0) is 0 Å². The summed E-state index contributed by atoms with van der Waals surface area (Å²) >= 11 is 0. The van der Waals surface area contributed by atoms with Crippen LogP contribution in [-0.4, -0.2) is 22.3 Å². The van der Waals surface area contributed by atoms with E-state index < -0.39 is 12.1 Å². The summed E-state index contributed by atoms with van der Waals surface area (Å²) in [6.07, 6.45) is -0.109. The van der Waals surface area contributed by atoms with Gasteiger partial charge in [0, 0.05) is 12.0 Å². The zero-order chi connectivity index (χ0) is 11.0. The molecule has 1 aliphatic heterocycles. The number of aliphatic hydroxyl groups excluding tert-OH is 1. The van der Waals surface area contributed by atoms with Gasteiger partial charge in [-0.3, -0.25) is 0 Å². The molecule has 0 bridgehead atoms. The van der Waals surface area contributed by atoms with Crippen molar-refractivity contribution < 1.29 is 19.7 Å². The predicted molar refractivity (Wildman–Crippen MR) is 53.1 cm³/mol. The van der Waals surface area contributed by atoms with Crippen molar-refractivity contribution in [1.82, 2.24) is 0 Å². The zero-order valence-electron chi connectivity index (χ0n) is 8.30. The average molecular weight is 208 g/mol. The molecule has 1 heterocycles. The van der Waals surface area contributed by atoms with Crippen LogP contribution in [0.3, 0.4) is 0 Å². The lowest BCUT2D eigenvalue weighted by Crippen LogP contribution is -2.22. The normalized spacial score (nSPS) is 24.1. The average Bonchev–Trinajstić information content (AvgIpc) is 2.16. The molecule has 2 atom stereocenters. The Morgan fingerprint density at radius 3 is 2.93 bits per heavy atom. The molecular weight excluding hydrogens is 196 g/mol. The van der Waals surface area contributed by atoms with Gasteiger partial charge < -0.3 is 14.9 Å². The molecule has 0 aliphatic carbocycles. The van der Waals surface area contributed by atoms with E-state index in [1.165, 1.54) is 12.1 Å². The fraction of sp³-hybridized carbons (Fsp3) is 0.364. The Bertz CT molecular complexity index is 400. The molecule has 4 nitrogen and oxygen atoms in total. The van der Waals surface area contributed by atoms with Gasteiger partial charge in [0.2, 0.25) is 0 Å². The first-order chi connectivity index (χ1) is 7.08. The van der Waals surface area contributed by atoms with E-state index in [9.17, 15) is 9.90 Å². The lowest BCUT2D eigenvalue weighted by atomic mass is 9.98. The molecule has 80 valence electrons. The molecule has 0 fully saturated rings. The largest absolute Gasteiger partial charge is 0.490 e. The fourth-order valence-corrected chi connectivity index (χ4v) is 1.75. The van der Waals surface area contributed by atoms with Gasteiger partial charge in [-0.15, -0.1) is 0 Å². The van der Waals surface area contributed by atoms with Crippen LogP contribution in [0, 0.1) is 0 Å². The van der Waals surface area contributed by atoms with Crippen LogP contribution in [0.25, 0.3) is 0 Å². The van der Waals surface area contributed by atoms with E-state index in [-0.39, 0.29) is 11.7 Å². The summed E-state index contributed by atoms with van der Waals surface area (Å²) in [4.78, 5) is 10.7. The van der Waals surface area contributed by atoms with Gasteiger partial charge in [-0.05, 0) is 19.1 Å². The van der Waals surface area contributed by atoms with E-state index in [1.807, 2.05) is 6.92 Å². The number of aromatic carboxylic acids is 1. The molecule has 1 unspecified atom stereocenters. The molecule has 2 rings (SSSR count). The zero-order valence-corrected chi connectivity index (χ0v) is 8.30. The molecule has 0 amide bonds. The SMILES string of the molecule is C[C@H]1CC(O)c2ccc(C(=O)O)cc2O1. The number of hydrogen-bond donors (Lipinski definition) is 2. The number of aliphatic hydroxyl groups is 1. The summed E-state index contributed by atoms with van der Waals surface area (Å²) in [7, 11) is 0. The molecule has 15 heavy (non-hydrogen) atoms. The summed E-state index contributed by atoms with van der Waals surface area (Å²) in [5.41, 5.74) is 0.841. The monoisotopic (exact) mass is 208 g/mol. The molecule has 0 aromatic heterocycles. The van der Waals surface area contributed by atoms with Crippen LogP contribution >= 0.6 is 0 Å². The summed E-state index contributed by atoms with van der Waals surface area (Å²) < 4.78 is 5.47. The van der Waals surface area contributed by atoms with Gasteiger partial charge in [-0.1, -0.05) is 6.07 Å². The Labute approximate surface area is 87.1 Å². The number of hydrogen-bond acceptors (Lipinski definition) is 3. The Morgan fingerprint density at radius 2 is 2.27 bits per heavy atom. The van der Waals surface area contributed by atoms with Crippen molar-refractivity contribution >= 4 is 5.97 Å². The third kappa shape index (κ3) is 1.80. The van der Waals surface area contributed by atoms with Gasteiger partial charge in [0.1, 0.15) is 5.75 Å². The molecule has 0 saturated carbocycles. The molecule has 0 radical (unpaired) electrons. The second-order valence-electron chi connectivity index (χ2n) is 3.74. The van der Waals surface area contributed by atoms with Crippen molar-refractivity contribution in [1.29, 1.82) is 0 Å². The van der Waals surface area contributed by atoms with E-state index in [0.29, 0.717) is 17.7 Å². The topological polar surface area (TPSA) is 66.8 Å². The van der Waals surface area contributed by atoms with Crippen molar-refractivity contribution in [3.8, 4) is 5.75 Å². The number of fused-ring (bicyclic) bond motifs is 1. The number of carbonyl (C=O) groups is 1. The van der Waals surface area contributed by atoms with Gasteiger partial charge in [0.05, 0.1) is 17.8 Å². The second kappa shape index (κ2) is 3.55.